The molecule has 1 aromatic carbocycles. The van der Waals surface area contributed by atoms with Crippen LogP contribution in [0.4, 0.5) is 0 Å². The largest absolute Gasteiger partial charge is 0.333 e. The quantitative estimate of drug-likeness (QED) is 0.914. The highest BCUT2D eigenvalue weighted by atomic mass is 35.5. The molecule has 0 spiro atoms. The molecule has 1 unspecified atom stereocenters. The molecule has 126 valence electrons. The van der Waals surface area contributed by atoms with Crippen LogP contribution in [0.25, 0.3) is 10.9 Å². The zero-order chi connectivity index (χ0) is 14.7. The average molecular weight is 356 g/mol. The number of nitrogens with zero attached hydrogens (tertiary/aromatic N) is 2. The Morgan fingerprint density at radius 1 is 1.26 bits per heavy atom. The lowest BCUT2D eigenvalue weighted by atomic mass is 10.1. The van der Waals surface area contributed by atoms with Gasteiger partial charge in [0.2, 0.25) is 0 Å². The van der Waals surface area contributed by atoms with Crippen molar-refractivity contribution in [3.8, 4) is 0 Å². The molecule has 3 rings (SSSR count). The summed E-state index contributed by atoms with van der Waals surface area (Å²) in [4.78, 5) is 19.3. The minimum atomic E-state index is 0. The summed E-state index contributed by atoms with van der Waals surface area (Å²) in [5.74, 6) is 0.0521. The van der Waals surface area contributed by atoms with Crippen LogP contribution >= 0.6 is 24.8 Å². The van der Waals surface area contributed by atoms with Crippen molar-refractivity contribution in [1.82, 2.24) is 15.2 Å². The monoisotopic (exact) mass is 355 g/mol. The van der Waals surface area contributed by atoms with Gasteiger partial charge in [0, 0.05) is 24.5 Å². The maximum Gasteiger partial charge on any atom is 0.272 e. The Balaban J connectivity index is 0.00000132. The third-order valence-electron chi connectivity index (χ3n) is 4.02. The van der Waals surface area contributed by atoms with E-state index >= 15 is 0 Å². The molecule has 0 saturated carbocycles. The van der Waals surface area contributed by atoms with E-state index in [1.807, 2.05) is 41.3 Å². The molecule has 1 N–H and O–H groups in total. The summed E-state index contributed by atoms with van der Waals surface area (Å²) < 4.78 is 0. The Morgan fingerprint density at radius 3 is 2.74 bits per heavy atom. The first kappa shape index (κ1) is 19.7. The molecule has 0 bridgehead atoms. The van der Waals surface area contributed by atoms with Gasteiger partial charge in [0.1, 0.15) is 5.69 Å². The zero-order valence-corrected chi connectivity index (χ0v) is 14.8. The van der Waals surface area contributed by atoms with E-state index < -0.39 is 0 Å². The number of fused-ring (bicyclic) bond motifs is 1. The van der Waals surface area contributed by atoms with Crippen LogP contribution in [0.5, 0.6) is 0 Å². The lowest BCUT2D eigenvalue weighted by Crippen LogP contribution is -2.42. The molecule has 1 aromatic heterocycles. The van der Waals surface area contributed by atoms with Crippen LogP contribution in [0.3, 0.4) is 0 Å². The Kier molecular flexibility index (Phi) is 7.76. The minimum Gasteiger partial charge on any atom is -0.333 e. The van der Waals surface area contributed by atoms with Crippen molar-refractivity contribution in [1.29, 1.82) is 0 Å². The fraction of sp³-hybridized carbons (Fsp3) is 0.412. The number of carbonyl (C=O) groups is 1. The van der Waals surface area contributed by atoms with E-state index in [0.29, 0.717) is 11.7 Å². The predicted molar refractivity (Wildman–Crippen MR) is 98.8 cm³/mol. The molecule has 0 radical (unpaired) electrons. The molecule has 1 fully saturated rings. The Labute approximate surface area is 149 Å². The third-order valence-corrected chi connectivity index (χ3v) is 4.02. The van der Waals surface area contributed by atoms with Crippen molar-refractivity contribution >= 4 is 41.6 Å². The van der Waals surface area contributed by atoms with E-state index in [1.165, 1.54) is 0 Å². The second-order valence-electron chi connectivity index (χ2n) is 5.53. The SMILES string of the molecule is CCCN(C(=O)c1ccc2ccccc2n1)C1CCNC1.Cl.Cl. The van der Waals surface area contributed by atoms with E-state index in [1.54, 1.807) is 0 Å². The van der Waals surface area contributed by atoms with Gasteiger partial charge in [0.25, 0.3) is 5.91 Å². The van der Waals surface area contributed by atoms with Gasteiger partial charge < -0.3 is 10.2 Å². The number of hydrogen-bond acceptors (Lipinski definition) is 3. The van der Waals surface area contributed by atoms with E-state index in [0.717, 1.165) is 43.4 Å². The first-order chi connectivity index (χ1) is 10.3. The number of hydrogen-bond donors (Lipinski definition) is 1. The lowest BCUT2D eigenvalue weighted by Gasteiger charge is -2.28. The summed E-state index contributed by atoms with van der Waals surface area (Å²) in [5, 5.41) is 4.40. The molecule has 23 heavy (non-hydrogen) atoms. The summed E-state index contributed by atoms with van der Waals surface area (Å²) in [6.45, 7) is 4.78. The van der Waals surface area contributed by atoms with Gasteiger partial charge in [0.05, 0.1) is 5.52 Å². The molecule has 4 nitrogen and oxygen atoms in total. The van der Waals surface area contributed by atoms with Crippen LogP contribution in [0, 0.1) is 0 Å². The first-order valence-corrected chi connectivity index (χ1v) is 7.67. The van der Waals surface area contributed by atoms with Crippen molar-refractivity contribution < 1.29 is 4.79 Å². The summed E-state index contributed by atoms with van der Waals surface area (Å²) in [6.07, 6.45) is 2.00. The second-order valence-corrected chi connectivity index (χ2v) is 5.53. The Morgan fingerprint density at radius 2 is 2.04 bits per heavy atom. The number of benzene rings is 1. The van der Waals surface area contributed by atoms with Crippen molar-refractivity contribution in [3.63, 3.8) is 0 Å². The van der Waals surface area contributed by atoms with E-state index in [-0.39, 0.29) is 30.7 Å². The highest BCUT2D eigenvalue weighted by Crippen LogP contribution is 2.16. The Hall–Kier alpha value is -1.36. The van der Waals surface area contributed by atoms with E-state index in [4.69, 9.17) is 0 Å². The van der Waals surface area contributed by atoms with Gasteiger partial charge in [-0.25, -0.2) is 4.98 Å². The van der Waals surface area contributed by atoms with Gasteiger partial charge in [-0.3, -0.25) is 4.79 Å². The first-order valence-electron chi connectivity index (χ1n) is 7.67. The number of aromatic nitrogens is 1. The van der Waals surface area contributed by atoms with Gasteiger partial charge in [-0.2, -0.15) is 0 Å². The fourth-order valence-electron chi connectivity index (χ4n) is 2.93. The van der Waals surface area contributed by atoms with E-state index in [2.05, 4.69) is 17.2 Å². The van der Waals surface area contributed by atoms with Crippen LogP contribution in [0.2, 0.25) is 0 Å². The van der Waals surface area contributed by atoms with Crippen LogP contribution in [-0.4, -0.2) is 41.5 Å². The predicted octanol–water partition coefficient (Wildman–Crippen LogP) is 3.29. The van der Waals surface area contributed by atoms with Gasteiger partial charge in [-0.05, 0) is 31.5 Å². The molecule has 1 aliphatic heterocycles. The average Bonchev–Trinajstić information content (AvgIpc) is 3.05. The number of carbonyl (C=O) groups excluding carboxylic acids is 1. The molecule has 1 atom stereocenters. The van der Waals surface area contributed by atoms with E-state index in [9.17, 15) is 4.79 Å². The Bertz CT molecular complexity index is 645. The van der Waals surface area contributed by atoms with Crippen molar-refractivity contribution in [3.05, 3.63) is 42.1 Å². The fourth-order valence-corrected chi connectivity index (χ4v) is 2.93. The third kappa shape index (κ3) is 4.34. The van der Waals surface area contributed by atoms with Crippen LogP contribution in [-0.2, 0) is 0 Å². The molecule has 1 amide bonds. The molecule has 2 aromatic rings. The van der Waals surface area contributed by atoms with Gasteiger partial charge >= 0.3 is 0 Å². The van der Waals surface area contributed by atoms with Crippen molar-refractivity contribution in [2.45, 2.75) is 25.8 Å². The molecule has 0 aliphatic carbocycles. The van der Waals surface area contributed by atoms with Crippen molar-refractivity contribution in [2.24, 2.45) is 0 Å². The minimum absolute atomic E-state index is 0. The molecular weight excluding hydrogens is 333 g/mol. The number of amides is 1. The molecular formula is C17H23Cl2N3O. The van der Waals surface area contributed by atoms with Gasteiger partial charge in [0.15, 0.2) is 0 Å². The van der Waals surface area contributed by atoms with Gasteiger partial charge in [-0.1, -0.05) is 31.2 Å². The number of nitrogens with one attached hydrogen (secondary N) is 1. The summed E-state index contributed by atoms with van der Waals surface area (Å²) in [5.41, 5.74) is 1.43. The van der Waals surface area contributed by atoms with Crippen LogP contribution < -0.4 is 5.32 Å². The summed E-state index contributed by atoms with van der Waals surface area (Å²) >= 11 is 0. The summed E-state index contributed by atoms with van der Waals surface area (Å²) in [7, 11) is 0. The highest BCUT2D eigenvalue weighted by Gasteiger charge is 2.27. The maximum atomic E-state index is 12.8. The normalized spacial score (nSPS) is 16.5. The number of halogens is 2. The maximum absolute atomic E-state index is 12.8. The number of rotatable bonds is 4. The number of pyridine rings is 1. The second kappa shape index (κ2) is 9.06. The molecule has 6 heteroatoms. The number of para-hydroxylation sites is 1. The lowest BCUT2D eigenvalue weighted by molar-refractivity contribution is 0.0686. The van der Waals surface area contributed by atoms with Crippen LogP contribution in [0.1, 0.15) is 30.3 Å². The van der Waals surface area contributed by atoms with Crippen molar-refractivity contribution in [2.75, 3.05) is 19.6 Å². The summed E-state index contributed by atoms with van der Waals surface area (Å²) in [6, 6.07) is 12.0. The molecule has 1 saturated heterocycles. The molecule has 2 heterocycles. The van der Waals surface area contributed by atoms with Crippen LogP contribution in [0.15, 0.2) is 36.4 Å². The molecule has 1 aliphatic rings. The zero-order valence-electron chi connectivity index (χ0n) is 13.2. The topological polar surface area (TPSA) is 45.2 Å². The smallest absolute Gasteiger partial charge is 0.272 e. The van der Waals surface area contributed by atoms with Gasteiger partial charge in [-0.15, -0.1) is 24.8 Å². The standard InChI is InChI=1S/C17H21N3O.2ClH/c1-2-11-20(14-9-10-18-12-14)17(21)16-8-7-13-5-3-4-6-15(13)19-16;;/h3-8,14,18H,2,9-12H2,1H3;2*1H. The highest BCUT2D eigenvalue weighted by molar-refractivity contribution is 5.95.